The summed E-state index contributed by atoms with van der Waals surface area (Å²) in [5, 5.41) is 8.84. The van der Waals surface area contributed by atoms with Crippen LogP contribution < -0.4 is 5.73 Å². The minimum absolute atomic E-state index is 0.664. The van der Waals surface area contributed by atoms with Gasteiger partial charge in [-0.3, -0.25) is 4.68 Å². The zero-order valence-electron chi connectivity index (χ0n) is 11.9. The average Bonchev–Trinajstić information content (AvgIpc) is 3.13. The van der Waals surface area contributed by atoms with Gasteiger partial charge in [0.1, 0.15) is 5.82 Å². The maximum Gasteiger partial charge on any atom is 0.121 e. The van der Waals surface area contributed by atoms with Crippen molar-refractivity contribution >= 4 is 5.82 Å². The Morgan fingerprint density at radius 2 is 1.90 bits per heavy atom. The molecule has 1 fully saturated rings. The first-order valence-electron chi connectivity index (χ1n) is 7.16. The fourth-order valence-electron chi connectivity index (χ4n) is 2.61. The van der Waals surface area contributed by atoms with Crippen LogP contribution in [-0.4, -0.2) is 19.6 Å². The minimum atomic E-state index is 0.664. The van der Waals surface area contributed by atoms with Crippen molar-refractivity contribution in [3.05, 3.63) is 48.3 Å². The fraction of sp³-hybridized carbons (Fsp3) is 0.250. The molecule has 2 heterocycles. The van der Waals surface area contributed by atoms with Gasteiger partial charge in [0, 0.05) is 36.5 Å². The van der Waals surface area contributed by atoms with Crippen LogP contribution in [0.2, 0.25) is 0 Å². The number of nitrogens with zero attached hydrogens (tertiary/aromatic N) is 4. The first-order valence-corrected chi connectivity index (χ1v) is 7.16. The number of benzene rings is 1. The maximum absolute atomic E-state index is 5.83. The molecule has 5 nitrogen and oxygen atoms in total. The van der Waals surface area contributed by atoms with Gasteiger partial charge in [-0.05, 0) is 31.0 Å². The normalized spacial score (nSPS) is 14.5. The number of aryl methyl sites for hydroxylation is 1. The second-order valence-corrected chi connectivity index (χ2v) is 5.57. The summed E-state index contributed by atoms with van der Waals surface area (Å²) in [6, 6.07) is 12.3. The second-order valence-electron chi connectivity index (χ2n) is 5.57. The van der Waals surface area contributed by atoms with Crippen LogP contribution in [0, 0.1) is 0 Å². The van der Waals surface area contributed by atoms with Crippen molar-refractivity contribution in [1.29, 1.82) is 0 Å². The van der Waals surface area contributed by atoms with Crippen LogP contribution in [0.3, 0.4) is 0 Å². The van der Waals surface area contributed by atoms with Gasteiger partial charge in [0.15, 0.2) is 0 Å². The van der Waals surface area contributed by atoms with E-state index in [1.807, 2.05) is 24.0 Å². The summed E-state index contributed by atoms with van der Waals surface area (Å²) >= 11 is 0. The average molecular weight is 279 g/mol. The van der Waals surface area contributed by atoms with E-state index in [2.05, 4.69) is 40.5 Å². The predicted octanol–water partition coefficient (Wildman–Crippen LogP) is 2.73. The summed E-state index contributed by atoms with van der Waals surface area (Å²) < 4.78 is 3.72. The maximum atomic E-state index is 5.83. The Morgan fingerprint density at radius 3 is 2.52 bits per heavy atom. The van der Waals surface area contributed by atoms with Gasteiger partial charge in [-0.15, -0.1) is 0 Å². The molecule has 4 rings (SSSR count). The largest absolute Gasteiger partial charge is 0.384 e. The van der Waals surface area contributed by atoms with Gasteiger partial charge >= 0.3 is 0 Å². The van der Waals surface area contributed by atoms with Crippen molar-refractivity contribution in [3.8, 4) is 16.9 Å². The molecule has 0 amide bonds. The molecular formula is C16H17N5. The number of aromatic nitrogens is 4. The Balaban J connectivity index is 1.68. The van der Waals surface area contributed by atoms with Crippen LogP contribution in [0.5, 0.6) is 0 Å². The molecule has 0 atom stereocenters. The summed E-state index contributed by atoms with van der Waals surface area (Å²) in [5.74, 6) is 1.35. The molecule has 0 aliphatic heterocycles. The third kappa shape index (κ3) is 2.11. The molecule has 0 unspecified atom stereocenters. The lowest BCUT2D eigenvalue weighted by atomic mass is 10.1. The fourth-order valence-corrected chi connectivity index (χ4v) is 2.61. The van der Waals surface area contributed by atoms with Crippen molar-refractivity contribution in [2.24, 2.45) is 7.05 Å². The molecule has 2 N–H and O–H groups in total. The molecule has 0 spiro atoms. The van der Waals surface area contributed by atoms with Crippen LogP contribution in [-0.2, 0) is 7.05 Å². The highest BCUT2D eigenvalue weighted by Crippen LogP contribution is 2.40. The number of hydrogen-bond donors (Lipinski definition) is 1. The van der Waals surface area contributed by atoms with E-state index in [4.69, 9.17) is 5.73 Å². The molecular weight excluding hydrogens is 262 g/mol. The minimum Gasteiger partial charge on any atom is -0.384 e. The summed E-state index contributed by atoms with van der Waals surface area (Å²) in [7, 11) is 1.85. The summed E-state index contributed by atoms with van der Waals surface area (Å²) in [4.78, 5) is 0. The SMILES string of the molecule is Cn1nc(-c2ccc(-n3nccc3C3CC3)cc2)cc1N. The second kappa shape index (κ2) is 4.48. The molecule has 0 bridgehead atoms. The van der Waals surface area contributed by atoms with Crippen molar-refractivity contribution in [1.82, 2.24) is 19.6 Å². The molecule has 21 heavy (non-hydrogen) atoms. The molecule has 0 saturated heterocycles. The molecule has 1 aliphatic carbocycles. The third-order valence-corrected chi connectivity index (χ3v) is 3.99. The number of anilines is 1. The van der Waals surface area contributed by atoms with Gasteiger partial charge in [0.25, 0.3) is 0 Å². The van der Waals surface area contributed by atoms with Gasteiger partial charge in [-0.25, -0.2) is 4.68 Å². The zero-order chi connectivity index (χ0) is 14.4. The lowest BCUT2D eigenvalue weighted by Crippen LogP contribution is -2.00. The molecule has 1 aromatic carbocycles. The predicted molar refractivity (Wildman–Crippen MR) is 82.2 cm³/mol. The van der Waals surface area contributed by atoms with Crippen LogP contribution in [0.1, 0.15) is 24.5 Å². The lowest BCUT2D eigenvalue weighted by molar-refractivity contribution is 0.782. The van der Waals surface area contributed by atoms with Crippen LogP contribution >= 0.6 is 0 Å². The van der Waals surface area contributed by atoms with E-state index in [-0.39, 0.29) is 0 Å². The highest BCUT2D eigenvalue weighted by Gasteiger charge is 2.27. The number of hydrogen-bond acceptors (Lipinski definition) is 3. The number of nitrogens with two attached hydrogens (primary N) is 1. The quantitative estimate of drug-likeness (QED) is 0.802. The Labute approximate surface area is 123 Å². The molecule has 0 radical (unpaired) electrons. The van der Waals surface area contributed by atoms with Crippen LogP contribution in [0.4, 0.5) is 5.82 Å². The third-order valence-electron chi connectivity index (χ3n) is 3.99. The number of nitrogen functional groups attached to an aromatic ring is 1. The molecule has 1 aliphatic rings. The zero-order valence-corrected chi connectivity index (χ0v) is 11.9. The van der Waals surface area contributed by atoms with Crippen LogP contribution in [0.15, 0.2) is 42.6 Å². The molecule has 2 aromatic heterocycles. The molecule has 3 aromatic rings. The summed E-state index contributed by atoms with van der Waals surface area (Å²) in [5.41, 5.74) is 10.2. The van der Waals surface area contributed by atoms with E-state index in [9.17, 15) is 0 Å². The molecule has 106 valence electrons. The van der Waals surface area contributed by atoms with E-state index in [1.165, 1.54) is 18.5 Å². The van der Waals surface area contributed by atoms with E-state index in [0.717, 1.165) is 16.9 Å². The standard InChI is InChI=1S/C16H17N5/c1-20-16(17)10-14(19-20)11-4-6-13(7-5-11)21-15(8-9-18-21)12-2-3-12/h4-10,12H,2-3,17H2,1H3. The van der Waals surface area contributed by atoms with Gasteiger partial charge in [-0.1, -0.05) is 12.1 Å². The van der Waals surface area contributed by atoms with E-state index < -0.39 is 0 Å². The smallest absolute Gasteiger partial charge is 0.121 e. The summed E-state index contributed by atoms with van der Waals surface area (Å²) in [6.45, 7) is 0. The number of rotatable bonds is 3. The van der Waals surface area contributed by atoms with E-state index in [0.29, 0.717) is 11.7 Å². The van der Waals surface area contributed by atoms with Crippen molar-refractivity contribution in [2.45, 2.75) is 18.8 Å². The molecule has 5 heteroatoms. The van der Waals surface area contributed by atoms with Crippen molar-refractivity contribution < 1.29 is 0 Å². The molecule has 1 saturated carbocycles. The van der Waals surface area contributed by atoms with Crippen molar-refractivity contribution in [3.63, 3.8) is 0 Å². The van der Waals surface area contributed by atoms with Gasteiger partial charge in [0.05, 0.1) is 11.4 Å². The topological polar surface area (TPSA) is 61.7 Å². The van der Waals surface area contributed by atoms with Gasteiger partial charge in [-0.2, -0.15) is 10.2 Å². The Hall–Kier alpha value is -2.56. The van der Waals surface area contributed by atoms with Crippen LogP contribution in [0.25, 0.3) is 16.9 Å². The Bertz CT molecular complexity index is 758. The summed E-state index contributed by atoms with van der Waals surface area (Å²) in [6.07, 6.45) is 4.43. The first-order chi connectivity index (χ1) is 10.2. The van der Waals surface area contributed by atoms with E-state index >= 15 is 0 Å². The highest BCUT2D eigenvalue weighted by molar-refractivity contribution is 5.63. The Kier molecular flexibility index (Phi) is 2.60. The van der Waals surface area contributed by atoms with Gasteiger partial charge < -0.3 is 5.73 Å². The lowest BCUT2D eigenvalue weighted by Gasteiger charge is -2.07. The van der Waals surface area contributed by atoms with Crippen molar-refractivity contribution in [2.75, 3.05) is 5.73 Å². The Morgan fingerprint density at radius 1 is 1.14 bits per heavy atom. The monoisotopic (exact) mass is 279 g/mol. The van der Waals surface area contributed by atoms with E-state index in [1.54, 1.807) is 4.68 Å². The van der Waals surface area contributed by atoms with Gasteiger partial charge in [0.2, 0.25) is 0 Å². The first kappa shape index (κ1) is 12.2. The highest BCUT2D eigenvalue weighted by atomic mass is 15.3.